The third-order valence-corrected chi connectivity index (χ3v) is 6.96. The van der Waals surface area contributed by atoms with Gasteiger partial charge in [0.05, 0.1) is 17.7 Å². The highest BCUT2D eigenvalue weighted by molar-refractivity contribution is 6.31. The van der Waals surface area contributed by atoms with E-state index in [-0.39, 0.29) is 12.1 Å². The van der Waals surface area contributed by atoms with Gasteiger partial charge in [-0.25, -0.2) is 0 Å². The minimum absolute atomic E-state index is 0.146. The maximum Gasteiger partial charge on any atom is 0.0887 e. The maximum absolute atomic E-state index is 10.9. The number of hydrogen-bond acceptors (Lipinski definition) is 5. The molecule has 7 heteroatoms. The summed E-state index contributed by atoms with van der Waals surface area (Å²) in [5.41, 5.74) is 3.29. The van der Waals surface area contributed by atoms with Gasteiger partial charge >= 0.3 is 0 Å². The highest BCUT2D eigenvalue weighted by Crippen LogP contribution is 2.31. The molecule has 2 aliphatic heterocycles. The number of halogens is 2. The summed E-state index contributed by atoms with van der Waals surface area (Å²) >= 11 is 12.1. The summed E-state index contributed by atoms with van der Waals surface area (Å²) in [6, 6.07) is 16.1. The molecule has 2 fully saturated rings. The van der Waals surface area contributed by atoms with Crippen molar-refractivity contribution in [2.45, 2.75) is 18.7 Å². The molecule has 1 N–H and O–H groups in total. The second kappa shape index (κ2) is 8.93. The van der Waals surface area contributed by atoms with Crippen LogP contribution in [-0.2, 0) is 6.54 Å². The number of benzene rings is 2. The maximum atomic E-state index is 10.9. The number of nitrogens with zero attached hydrogens (tertiary/aromatic N) is 4. The van der Waals surface area contributed by atoms with Gasteiger partial charge in [-0.15, -0.1) is 0 Å². The Morgan fingerprint density at radius 1 is 0.903 bits per heavy atom. The van der Waals surface area contributed by atoms with Crippen LogP contribution in [-0.4, -0.2) is 71.3 Å². The van der Waals surface area contributed by atoms with E-state index < -0.39 is 0 Å². The smallest absolute Gasteiger partial charge is 0.0887 e. The highest BCUT2D eigenvalue weighted by atomic mass is 35.5. The van der Waals surface area contributed by atoms with Gasteiger partial charge in [-0.05, 0) is 42.0 Å². The number of β-amino-alcohol motifs (C(OH)–C–C–N with tert-alkyl or cyclic N) is 1. The first-order valence-electron chi connectivity index (χ1n) is 10.7. The van der Waals surface area contributed by atoms with Crippen LogP contribution in [0.1, 0.15) is 5.56 Å². The summed E-state index contributed by atoms with van der Waals surface area (Å²) in [7, 11) is 0. The van der Waals surface area contributed by atoms with Crippen molar-refractivity contribution < 1.29 is 5.11 Å². The van der Waals surface area contributed by atoms with Crippen molar-refractivity contribution in [3.8, 4) is 0 Å². The Bertz CT molecular complexity index is 1050. The molecule has 2 saturated heterocycles. The SMILES string of the molecule is OC1CN(c2ccnc3cc(Cl)ccc23)CC1N1CCN(Cc2ccc(Cl)cc2)CC1. The minimum atomic E-state index is -0.363. The fraction of sp³-hybridized carbons (Fsp3) is 0.375. The molecular formula is C24H26Cl2N4O. The Kier molecular flexibility index (Phi) is 6.04. The Balaban J connectivity index is 1.23. The molecule has 31 heavy (non-hydrogen) atoms. The second-order valence-electron chi connectivity index (χ2n) is 8.47. The van der Waals surface area contributed by atoms with E-state index in [0.29, 0.717) is 11.6 Å². The van der Waals surface area contributed by atoms with Crippen molar-refractivity contribution in [3.63, 3.8) is 0 Å². The first-order valence-corrected chi connectivity index (χ1v) is 11.5. The standard InChI is InChI=1S/C24H26Cl2N4O/c25-18-3-1-17(2-4-18)14-28-9-11-29(12-10-28)23-15-30(16-24(23)31)22-7-8-27-21-13-19(26)5-6-20(21)22/h1-8,13,23-24,31H,9-12,14-16H2. The zero-order chi connectivity index (χ0) is 21.4. The highest BCUT2D eigenvalue weighted by Gasteiger charge is 2.37. The molecule has 3 aromatic rings. The Hall–Kier alpha value is -1.89. The molecule has 2 atom stereocenters. The van der Waals surface area contributed by atoms with Crippen molar-refractivity contribution in [3.05, 3.63) is 70.3 Å². The number of pyridine rings is 1. The van der Waals surface area contributed by atoms with Crippen LogP contribution < -0.4 is 4.90 Å². The predicted octanol–water partition coefficient (Wildman–Crippen LogP) is 3.91. The summed E-state index contributed by atoms with van der Waals surface area (Å²) in [5, 5.41) is 13.4. The summed E-state index contributed by atoms with van der Waals surface area (Å²) in [4.78, 5) is 11.7. The van der Waals surface area contributed by atoms with Crippen molar-refractivity contribution in [1.82, 2.24) is 14.8 Å². The first kappa shape index (κ1) is 21.0. The van der Waals surface area contributed by atoms with Crippen LogP contribution in [0.4, 0.5) is 5.69 Å². The summed E-state index contributed by atoms with van der Waals surface area (Å²) in [5.74, 6) is 0. The number of anilines is 1. The molecule has 0 amide bonds. The van der Waals surface area contributed by atoms with E-state index in [9.17, 15) is 5.11 Å². The Labute approximate surface area is 192 Å². The molecule has 0 saturated carbocycles. The van der Waals surface area contributed by atoms with Gasteiger partial charge in [0.2, 0.25) is 0 Å². The lowest BCUT2D eigenvalue weighted by Crippen LogP contribution is -2.53. The fourth-order valence-electron chi connectivity index (χ4n) is 4.81. The molecule has 2 aromatic carbocycles. The van der Waals surface area contributed by atoms with Crippen LogP contribution in [0.25, 0.3) is 10.9 Å². The average Bonchev–Trinajstić information content (AvgIpc) is 3.16. The molecule has 162 valence electrons. The molecule has 3 heterocycles. The van der Waals surface area contributed by atoms with E-state index >= 15 is 0 Å². The first-order chi connectivity index (χ1) is 15.1. The van der Waals surface area contributed by atoms with E-state index in [1.807, 2.05) is 42.6 Å². The van der Waals surface area contributed by atoms with Gasteiger partial charge in [-0.3, -0.25) is 14.8 Å². The molecule has 1 aromatic heterocycles. The third-order valence-electron chi connectivity index (χ3n) is 6.48. The normalized spacial score (nSPS) is 23.0. The number of aromatic nitrogens is 1. The van der Waals surface area contributed by atoms with Crippen LogP contribution in [0.15, 0.2) is 54.7 Å². The molecule has 0 spiro atoms. The molecule has 0 aliphatic carbocycles. The number of piperazine rings is 1. The Morgan fingerprint density at radius 3 is 2.42 bits per heavy atom. The van der Waals surface area contributed by atoms with Crippen molar-refractivity contribution in [2.24, 2.45) is 0 Å². The van der Waals surface area contributed by atoms with Gasteiger partial charge in [-0.2, -0.15) is 0 Å². The van der Waals surface area contributed by atoms with Gasteiger partial charge < -0.3 is 10.0 Å². The number of aliphatic hydroxyl groups is 1. The Morgan fingerprint density at radius 2 is 1.65 bits per heavy atom. The van der Waals surface area contributed by atoms with Crippen LogP contribution in [0.2, 0.25) is 10.0 Å². The van der Waals surface area contributed by atoms with Crippen molar-refractivity contribution >= 4 is 39.8 Å². The molecule has 2 unspecified atom stereocenters. The lowest BCUT2D eigenvalue weighted by atomic mass is 10.1. The number of aliphatic hydroxyl groups excluding tert-OH is 1. The van der Waals surface area contributed by atoms with Gasteiger partial charge in [-0.1, -0.05) is 35.3 Å². The van der Waals surface area contributed by atoms with Crippen LogP contribution in [0.3, 0.4) is 0 Å². The second-order valence-corrected chi connectivity index (χ2v) is 9.34. The largest absolute Gasteiger partial charge is 0.390 e. The number of rotatable bonds is 4. The number of hydrogen-bond donors (Lipinski definition) is 1. The fourth-order valence-corrected chi connectivity index (χ4v) is 5.10. The molecule has 2 aliphatic rings. The van der Waals surface area contributed by atoms with Crippen LogP contribution in [0.5, 0.6) is 0 Å². The van der Waals surface area contributed by atoms with Crippen molar-refractivity contribution in [2.75, 3.05) is 44.2 Å². The quantitative estimate of drug-likeness (QED) is 0.644. The molecule has 0 radical (unpaired) electrons. The molecule has 5 nitrogen and oxygen atoms in total. The van der Waals surface area contributed by atoms with Crippen LogP contribution in [0, 0.1) is 0 Å². The topological polar surface area (TPSA) is 42.8 Å². The van der Waals surface area contributed by atoms with E-state index in [1.54, 1.807) is 0 Å². The monoisotopic (exact) mass is 456 g/mol. The summed E-state index contributed by atoms with van der Waals surface area (Å²) in [6.07, 6.45) is 1.46. The van der Waals surface area contributed by atoms with Gasteiger partial charge in [0.25, 0.3) is 0 Å². The van der Waals surface area contributed by atoms with Crippen molar-refractivity contribution in [1.29, 1.82) is 0 Å². The zero-order valence-electron chi connectivity index (χ0n) is 17.3. The molecular weight excluding hydrogens is 431 g/mol. The summed E-state index contributed by atoms with van der Waals surface area (Å²) < 4.78 is 0. The van der Waals surface area contributed by atoms with Crippen LogP contribution >= 0.6 is 23.2 Å². The predicted molar refractivity (Wildman–Crippen MR) is 127 cm³/mol. The molecule has 0 bridgehead atoms. The minimum Gasteiger partial charge on any atom is -0.390 e. The zero-order valence-corrected chi connectivity index (χ0v) is 18.8. The number of fused-ring (bicyclic) bond motifs is 1. The van der Waals surface area contributed by atoms with E-state index in [1.165, 1.54) is 5.56 Å². The lowest BCUT2D eigenvalue weighted by Gasteiger charge is -2.38. The lowest BCUT2D eigenvalue weighted by molar-refractivity contribution is 0.0424. The third kappa shape index (κ3) is 4.52. The van der Waals surface area contributed by atoms with E-state index in [4.69, 9.17) is 23.2 Å². The van der Waals surface area contributed by atoms with E-state index in [0.717, 1.165) is 60.9 Å². The molecule has 5 rings (SSSR count). The average molecular weight is 457 g/mol. The summed E-state index contributed by atoms with van der Waals surface area (Å²) in [6.45, 7) is 6.34. The van der Waals surface area contributed by atoms with Gasteiger partial charge in [0.15, 0.2) is 0 Å². The van der Waals surface area contributed by atoms with Gasteiger partial charge in [0.1, 0.15) is 0 Å². The van der Waals surface area contributed by atoms with Gasteiger partial charge in [0, 0.05) is 73.1 Å². The van der Waals surface area contributed by atoms with E-state index in [2.05, 4.69) is 31.8 Å².